The van der Waals surface area contributed by atoms with Crippen LogP contribution >= 0.6 is 0 Å². The molecule has 0 aliphatic rings. The molecule has 1 aromatic heterocycles. The van der Waals surface area contributed by atoms with E-state index in [-0.39, 0.29) is 10.9 Å². The Bertz CT molecular complexity index is 518. The lowest BCUT2D eigenvalue weighted by atomic mass is 10.2. The highest BCUT2D eigenvalue weighted by Crippen LogP contribution is 2.16. The minimum Gasteiger partial charge on any atom is -0.366 e. The van der Waals surface area contributed by atoms with Gasteiger partial charge in [0.2, 0.25) is 15.5 Å². The first kappa shape index (κ1) is 13.9. The molecule has 0 aliphatic heterocycles. The van der Waals surface area contributed by atoms with E-state index >= 15 is 0 Å². The summed E-state index contributed by atoms with van der Waals surface area (Å²) < 4.78 is 25.7. The number of pyridine rings is 1. The number of hydrogen-bond donors (Lipinski definition) is 1. The minimum atomic E-state index is -3.70. The summed E-state index contributed by atoms with van der Waals surface area (Å²) in [5, 5.41) is 0. The molecule has 0 bridgehead atoms. The molecule has 0 spiro atoms. The zero-order valence-corrected chi connectivity index (χ0v) is 11.1. The van der Waals surface area contributed by atoms with Crippen molar-refractivity contribution in [2.45, 2.75) is 37.6 Å². The van der Waals surface area contributed by atoms with Crippen LogP contribution in [0.2, 0.25) is 0 Å². The Hall–Kier alpha value is -1.14. The van der Waals surface area contributed by atoms with Gasteiger partial charge in [-0.2, -0.15) is 4.31 Å². The van der Waals surface area contributed by atoms with Crippen molar-refractivity contribution in [2.75, 3.05) is 7.05 Å². The molecule has 0 atom stereocenters. The molecular formula is C11H18N2O3S. The molecule has 1 N–H and O–H groups in total. The van der Waals surface area contributed by atoms with Crippen molar-refractivity contribution in [2.24, 2.45) is 0 Å². The highest BCUT2D eigenvalue weighted by atomic mass is 32.2. The maximum Gasteiger partial charge on any atom is 0.248 e. The Morgan fingerprint density at radius 2 is 1.94 bits per heavy atom. The Balaban J connectivity index is 3.21. The average molecular weight is 258 g/mol. The number of hydrogen-bond acceptors (Lipinski definition) is 3. The van der Waals surface area contributed by atoms with Gasteiger partial charge in [-0.3, -0.25) is 4.79 Å². The van der Waals surface area contributed by atoms with E-state index in [1.807, 2.05) is 13.8 Å². The highest BCUT2D eigenvalue weighted by molar-refractivity contribution is 7.89. The number of rotatable bonds is 5. The lowest BCUT2D eigenvalue weighted by Crippen LogP contribution is -2.38. The molecule has 0 saturated carbocycles. The standard InChI is InChI=1S/C11H18N2O3S/c1-4-9(5-2)13(3)17(15,16)11-8-12-7-6-10(11)14/h6-9H,4-5H2,1-3H3,(H,12,14). The summed E-state index contributed by atoms with van der Waals surface area (Å²) in [7, 11) is -2.19. The molecule has 0 aromatic carbocycles. The molecule has 0 aliphatic carbocycles. The van der Waals surface area contributed by atoms with Crippen LogP contribution in [0.3, 0.4) is 0 Å². The maximum atomic E-state index is 12.2. The van der Waals surface area contributed by atoms with Crippen molar-refractivity contribution in [1.29, 1.82) is 0 Å². The van der Waals surface area contributed by atoms with Crippen LogP contribution in [0, 0.1) is 0 Å². The lowest BCUT2D eigenvalue weighted by molar-refractivity contribution is 0.349. The fourth-order valence-corrected chi connectivity index (χ4v) is 3.30. The molecule has 0 saturated heterocycles. The molecular weight excluding hydrogens is 240 g/mol. The number of sulfonamides is 1. The van der Waals surface area contributed by atoms with Crippen LogP contribution < -0.4 is 5.43 Å². The normalized spacial score (nSPS) is 12.3. The Kier molecular flexibility index (Phi) is 4.47. The van der Waals surface area contributed by atoms with E-state index in [1.54, 1.807) is 0 Å². The van der Waals surface area contributed by atoms with E-state index in [4.69, 9.17) is 0 Å². The topological polar surface area (TPSA) is 70.2 Å². The van der Waals surface area contributed by atoms with E-state index in [2.05, 4.69) is 4.98 Å². The predicted molar refractivity (Wildman–Crippen MR) is 66.4 cm³/mol. The smallest absolute Gasteiger partial charge is 0.248 e. The van der Waals surface area contributed by atoms with Crippen molar-refractivity contribution in [1.82, 2.24) is 9.29 Å². The summed E-state index contributed by atoms with van der Waals surface area (Å²) in [6.45, 7) is 3.85. The van der Waals surface area contributed by atoms with Crippen molar-refractivity contribution in [3.63, 3.8) is 0 Å². The van der Waals surface area contributed by atoms with E-state index in [1.165, 1.54) is 29.8 Å². The van der Waals surface area contributed by atoms with E-state index in [9.17, 15) is 13.2 Å². The lowest BCUT2D eigenvalue weighted by Gasteiger charge is -2.25. The van der Waals surface area contributed by atoms with Gasteiger partial charge in [0.05, 0.1) is 0 Å². The first-order valence-electron chi connectivity index (χ1n) is 5.60. The third-order valence-corrected chi connectivity index (χ3v) is 4.83. The van der Waals surface area contributed by atoms with Gasteiger partial charge in [-0.1, -0.05) is 13.8 Å². The van der Waals surface area contributed by atoms with E-state index in [0.29, 0.717) is 0 Å². The van der Waals surface area contributed by atoms with Gasteiger partial charge in [-0.05, 0) is 12.8 Å². The quantitative estimate of drug-likeness (QED) is 0.862. The van der Waals surface area contributed by atoms with Crippen molar-refractivity contribution in [3.8, 4) is 0 Å². The van der Waals surface area contributed by atoms with Crippen molar-refractivity contribution in [3.05, 3.63) is 28.7 Å². The molecule has 0 radical (unpaired) electrons. The molecule has 1 rings (SSSR count). The molecule has 96 valence electrons. The van der Waals surface area contributed by atoms with Crippen LogP contribution in [0.15, 0.2) is 28.2 Å². The Morgan fingerprint density at radius 1 is 1.35 bits per heavy atom. The zero-order valence-electron chi connectivity index (χ0n) is 10.3. The molecule has 0 fully saturated rings. The van der Waals surface area contributed by atoms with Crippen LogP contribution in [-0.4, -0.2) is 30.8 Å². The van der Waals surface area contributed by atoms with Crippen molar-refractivity contribution < 1.29 is 8.42 Å². The Labute approximate surface area is 102 Å². The van der Waals surface area contributed by atoms with E-state index < -0.39 is 15.5 Å². The molecule has 0 amide bonds. The first-order valence-corrected chi connectivity index (χ1v) is 7.04. The minimum absolute atomic E-state index is 0.0837. The number of H-pyrrole nitrogens is 1. The van der Waals surface area contributed by atoms with Gasteiger partial charge in [0, 0.05) is 31.5 Å². The number of nitrogens with one attached hydrogen (secondary N) is 1. The summed E-state index contributed by atoms with van der Waals surface area (Å²) in [5.41, 5.74) is -0.485. The highest BCUT2D eigenvalue weighted by Gasteiger charge is 2.27. The average Bonchev–Trinajstić information content (AvgIpc) is 2.30. The third-order valence-electron chi connectivity index (χ3n) is 2.90. The predicted octanol–water partition coefficient (Wildman–Crippen LogP) is 1.18. The first-order chi connectivity index (χ1) is 7.95. The van der Waals surface area contributed by atoms with Crippen LogP contribution in [-0.2, 0) is 10.0 Å². The molecule has 1 heterocycles. The van der Waals surface area contributed by atoms with Gasteiger partial charge in [0.1, 0.15) is 4.90 Å². The summed E-state index contributed by atoms with van der Waals surface area (Å²) in [6, 6.07) is 1.13. The van der Waals surface area contributed by atoms with Gasteiger partial charge in [-0.25, -0.2) is 8.42 Å². The molecule has 0 unspecified atom stereocenters. The van der Waals surface area contributed by atoms with Crippen LogP contribution in [0.25, 0.3) is 0 Å². The number of nitrogens with zero attached hydrogens (tertiary/aromatic N) is 1. The third kappa shape index (κ3) is 2.76. The Morgan fingerprint density at radius 3 is 2.41 bits per heavy atom. The van der Waals surface area contributed by atoms with Crippen LogP contribution in [0.4, 0.5) is 0 Å². The van der Waals surface area contributed by atoms with Crippen LogP contribution in [0.5, 0.6) is 0 Å². The zero-order chi connectivity index (χ0) is 13.1. The maximum absolute atomic E-state index is 12.2. The second-order valence-corrected chi connectivity index (χ2v) is 5.83. The van der Waals surface area contributed by atoms with Gasteiger partial charge >= 0.3 is 0 Å². The second-order valence-electron chi connectivity index (χ2n) is 3.86. The summed E-state index contributed by atoms with van der Waals surface area (Å²) in [5.74, 6) is 0. The SMILES string of the molecule is CCC(CC)N(C)S(=O)(=O)c1c[nH]ccc1=O. The fraction of sp³-hybridized carbons (Fsp3) is 0.545. The van der Waals surface area contributed by atoms with Gasteiger partial charge in [-0.15, -0.1) is 0 Å². The summed E-state index contributed by atoms with van der Waals surface area (Å²) in [4.78, 5) is 14.0. The van der Waals surface area contributed by atoms with Crippen LogP contribution in [0.1, 0.15) is 26.7 Å². The fourth-order valence-electron chi connectivity index (χ4n) is 1.76. The van der Waals surface area contributed by atoms with Gasteiger partial charge < -0.3 is 4.98 Å². The summed E-state index contributed by atoms with van der Waals surface area (Å²) in [6.07, 6.45) is 4.09. The van der Waals surface area contributed by atoms with Gasteiger partial charge in [0.25, 0.3) is 0 Å². The molecule has 1 aromatic rings. The summed E-state index contributed by atoms with van der Waals surface area (Å²) >= 11 is 0. The molecule has 5 nitrogen and oxygen atoms in total. The molecule has 6 heteroatoms. The second kappa shape index (κ2) is 5.46. The number of aromatic nitrogens is 1. The van der Waals surface area contributed by atoms with E-state index in [0.717, 1.165) is 12.8 Å². The monoisotopic (exact) mass is 258 g/mol. The van der Waals surface area contributed by atoms with Crippen molar-refractivity contribution >= 4 is 10.0 Å². The molecule has 17 heavy (non-hydrogen) atoms. The largest absolute Gasteiger partial charge is 0.366 e. The van der Waals surface area contributed by atoms with Gasteiger partial charge in [0.15, 0.2) is 0 Å². The number of aromatic amines is 1.